The topological polar surface area (TPSA) is 67.6 Å². The van der Waals surface area contributed by atoms with E-state index in [1.165, 1.54) is 6.20 Å². The molecule has 0 aliphatic heterocycles. The van der Waals surface area contributed by atoms with Gasteiger partial charge in [0.1, 0.15) is 6.07 Å². The molecule has 0 aliphatic rings. The van der Waals surface area contributed by atoms with Gasteiger partial charge in [0.25, 0.3) is 0 Å². The van der Waals surface area contributed by atoms with Gasteiger partial charge in [-0.15, -0.1) is 0 Å². The Balaban J connectivity index is 2.72. The Morgan fingerprint density at radius 3 is 2.83 bits per heavy atom. The van der Waals surface area contributed by atoms with Gasteiger partial charge in [-0.3, -0.25) is 4.68 Å². The largest absolute Gasteiger partial charge is 0.324 e. The molecule has 0 saturated heterocycles. The fourth-order valence-electron chi connectivity index (χ4n) is 0.925. The second-order valence-corrected chi connectivity index (χ2v) is 3.53. The van der Waals surface area contributed by atoms with Gasteiger partial charge in [-0.2, -0.15) is 10.4 Å². The van der Waals surface area contributed by atoms with Gasteiger partial charge in [-0.05, 0) is 13.8 Å². The first-order valence-corrected chi connectivity index (χ1v) is 3.73. The third-order valence-corrected chi connectivity index (χ3v) is 1.33. The molecule has 1 aromatic rings. The molecule has 12 heavy (non-hydrogen) atoms. The van der Waals surface area contributed by atoms with Gasteiger partial charge in [-0.25, -0.2) is 0 Å². The van der Waals surface area contributed by atoms with E-state index in [-0.39, 0.29) is 5.54 Å². The van der Waals surface area contributed by atoms with Crippen LogP contribution in [0.3, 0.4) is 0 Å². The first-order valence-electron chi connectivity index (χ1n) is 3.73. The van der Waals surface area contributed by atoms with Crippen molar-refractivity contribution in [2.45, 2.75) is 25.9 Å². The van der Waals surface area contributed by atoms with Crippen molar-refractivity contribution in [3.8, 4) is 6.07 Å². The lowest BCUT2D eigenvalue weighted by molar-refractivity contribution is 0.408. The van der Waals surface area contributed by atoms with Gasteiger partial charge in [-0.1, -0.05) is 0 Å². The van der Waals surface area contributed by atoms with Crippen LogP contribution in [0.4, 0.5) is 0 Å². The van der Waals surface area contributed by atoms with E-state index in [1.807, 2.05) is 19.9 Å². The van der Waals surface area contributed by atoms with Gasteiger partial charge in [0, 0.05) is 11.7 Å². The second kappa shape index (κ2) is 2.95. The van der Waals surface area contributed by atoms with E-state index in [2.05, 4.69) is 5.10 Å². The summed E-state index contributed by atoms with van der Waals surface area (Å²) in [7, 11) is 0. The minimum absolute atomic E-state index is 0.293. The Morgan fingerprint density at radius 2 is 2.42 bits per heavy atom. The molecule has 2 N–H and O–H groups in total. The number of hydrogen-bond acceptors (Lipinski definition) is 3. The lowest BCUT2D eigenvalue weighted by atomic mass is 10.1. The Morgan fingerprint density at radius 1 is 1.75 bits per heavy atom. The highest BCUT2D eigenvalue weighted by Gasteiger charge is 2.11. The summed E-state index contributed by atoms with van der Waals surface area (Å²) in [6.45, 7) is 4.45. The zero-order chi connectivity index (χ0) is 9.19. The molecule has 0 fully saturated rings. The summed E-state index contributed by atoms with van der Waals surface area (Å²) >= 11 is 0. The maximum atomic E-state index is 8.51. The summed E-state index contributed by atoms with van der Waals surface area (Å²) in [6.07, 6.45) is 3.22. The minimum Gasteiger partial charge on any atom is -0.324 e. The molecule has 0 saturated carbocycles. The zero-order valence-electron chi connectivity index (χ0n) is 7.28. The van der Waals surface area contributed by atoms with E-state index in [1.54, 1.807) is 10.9 Å². The van der Waals surface area contributed by atoms with Crippen LogP contribution in [0.15, 0.2) is 12.4 Å². The van der Waals surface area contributed by atoms with Gasteiger partial charge in [0.05, 0.1) is 18.3 Å². The van der Waals surface area contributed by atoms with Crippen molar-refractivity contribution in [3.05, 3.63) is 18.0 Å². The maximum Gasteiger partial charge on any atom is 0.102 e. The molecule has 0 bridgehead atoms. The van der Waals surface area contributed by atoms with E-state index >= 15 is 0 Å². The smallest absolute Gasteiger partial charge is 0.102 e. The van der Waals surface area contributed by atoms with E-state index < -0.39 is 0 Å². The van der Waals surface area contributed by atoms with Gasteiger partial charge in [0.15, 0.2) is 0 Å². The molecular formula is C8H12N4. The number of nitrogens with two attached hydrogens (primary N) is 1. The molecule has 0 aromatic carbocycles. The highest BCUT2D eigenvalue weighted by Crippen LogP contribution is 2.02. The number of aromatic nitrogens is 2. The van der Waals surface area contributed by atoms with E-state index in [0.29, 0.717) is 12.1 Å². The molecule has 0 aliphatic carbocycles. The van der Waals surface area contributed by atoms with Crippen LogP contribution in [-0.2, 0) is 6.54 Å². The normalized spacial score (nSPS) is 11.2. The third-order valence-electron chi connectivity index (χ3n) is 1.33. The molecule has 1 rings (SSSR count). The number of rotatable bonds is 2. The predicted molar refractivity (Wildman–Crippen MR) is 45.2 cm³/mol. The van der Waals surface area contributed by atoms with Crippen LogP contribution in [0.5, 0.6) is 0 Å². The van der Waals surface area contributed by atoms with Gasteiger partial charge in [0.2, 0.25) is 0 Å². The molecule has 0 radical (unpaired) electrons. The van der Waals surface area contributed by atoms with Gasteiger partial charge >= 0.3 is 0 Å². The van der Waals surface area contributed by atoms with Crippen molar-refractivity contribution >= 4 is 0 Å². The number of nitriles is 1. The molecule has 4 nitrogen and oxygen atoms in total. The molecular weight excluding hydrogens is 152 g/mol. The Kier molecular flexibility index (Phi) is 2.15. The van der Waals surface area contributed by atoms with Crippen molar-refractivity contribution in [1.82, 2.24) is 9.78 Å². The highest BCUT2D eigenvalue weighted by atomic mass is 15.3. The molecule has 0 spiro atoms. The van der Waals surface area contributed by atoms with Crippen LogP contribution in [0.2, 0.25) is 0 Å². The molecule has 0 amide bonds. The molecule has 1 aromatic heterocycles. The fourth-order valence-corrected chi connectivity index (χ4v) is 0.925. The van der Waals surface area contributed by atoms with Crippen molar-refractivity contribution in [1.29, 1.82) is 5.26 Å². The molecule has 64 valence electrons. The van der Waals surface area contributed by atoms with Crippen molar-refractivity contribution < 1.29 is 0 Å². The summed E-state index contributed by atoms with van der Waals surface area (Å²) in [5.74, 6) is 0. The van der Waals surface area contributed by atoms with E-state index in [4.69, 9.17) is 11.0 Å². The minimum atomic E-state index is -0.293. The number of hydrogen-bond donors (Lipinski definition) is 1. The summed E-state index contributed by atoms with van der Waals surface area (Å²) in [4.78, 5) is 0. The van der Waals surface area contributed by atoms with Crippen molar-refractivity contribution in [3.63, 3.8) is 0 Å². The zero-order valence-corrected chi connectivity index (χ0v) is 7.28. The van der Waals surface area contributed by atoms with Crippen molar-refractivity contribution in [2.75, 3.05) is 0 Å². The Bertz CT molecular complexity index is 300. The van der Waals surface area contributed by atoms with Crippen LogP contribution in [0.25, 0.3) is 0 Å². The van der Waals surface area contributed by atoms with Crippen LogP contribution >= 0.6 is 0 Å². The lowest BCUT2D eigenvalue weighted by Crippen LogP contribution is -2.37. The third kappa shape index (κ3) is 2.36. The summed E-state index contributed by atoms with van der Waals surface area (Å²) in [5.41, 5.74) is 6.05. The standard InChI is InChI=1S/C8H12N4/c1-8(2,10)6-12-5-7(3-9)4-11-12/h4-5H,6,10H2,1-2H3. The molecule has 0 unspecified atom stereocenters. The fraction of sp³-hybridized carbons (Fsp3) is 0.500. The molecule has 4 heteroatoms. The Hall–Kier alpha value is -1.34. The van der Waals surface area contributed by atoms with Crippen LogP contribution in [0, 0.1) is 11.3 Å². The lowest BCUT2D eigenvalue weighted by Gasteiger charge is -2.17. The summed E-state index contributed by atoms with van der Waals surface area (Å²) in [6, 6.07) is 2.01. The van der Waals surface area contributed by atoms with E-state index in [0.717, 1.165) is 0 Å². The summed E-state index contributed by atoms with van der Waals surface area (Å²) < 4.78 is 1.68. The SMILES string of the molecule is CC(C)(N)Cn1cc(C#N)cn1. The average molecular weight is 164 g/mol. The van der Waals surface area contributed by atoms with Crippen LogP contribution in [0.1, 0.15) is 19.4 Å². The monoisotopic (exact) mass is 164 g/mol. The first-order chi connectivity index (χ1) is 5.51. The Labute approximate surface area is 71.6 Å². The highest BCUT2D eigenvalue weighted by molar-refractivity contribution is 5.21. The quantitative estimate of drug-likeness (QED) is 0.691. The van der Waals surface area contributed by atoms with E-state index in [9.17, 15) is 0 Å². The second-order valence-electron chi connectivity index (χ2n) is 3.53. The predicted octanol–water partition coefficient (Wildman–Crippen LogP) is 0.492. The molecule has 0 atom stereocenters. The van der Waals surface area contributed by atoms with Crippen molar-refractivity contribution in [2.24, 2.45) is 5.73 Å². The first kappa shape index (κ1) is 8.75. The maximum absolute atomic E-state index is 8.51. The van der Waals surface area contributed by atoms with Crippen LogP contribution < -0.4 is 5.73 Å². The molecule has 1 heterocycles. The van der Waals surface area contributed by atoms with Gasteiger partial charge < -0.3 is 5.73 Å². The average Bonchev–Trinajstić information content (AvgIpc) is 2.32. The van der Waals surface area contributed by atoms with Crippen LogP contribution in [-0.4, -0.2) is 15.3 Å². The summed E-state index contributed by atoms with van der Waals surface area (Å²) in [5, 5.41) is 12.5. The number of nitrogens with zero attached hydrogens (tertiary/aromatic N) is 3.